The number of nitrogens with one attached hydrogen (secondary N) is 2. The number of carbonyl (C=O) groups is 1. The molecule has 3 atom stereocenters. The molecule has 1 amide bonds. The number of carbonyl (C=O) groups excluding carboxylic acids is 1. The largest absolute Gasteiger partial charge is 0.371 e. The Morgan fingerprint density at radius 2 is 2.07 bits per heavy atom. The average molecular weight is 398 g/mol. The minimum Gasteiger partial charge on any atom is -0.371 e. The summed E-state index contributed by atoms with van der Waals surface area (Å²) in [5.74, 6) is -0.156. The molecule has 2 fully saturated rings. The normalized spacial score (nSPS) is 25.0. The van der Waals surface area contributed by atoms with Gasteiger partial charge in [-0.15, -0.1) is 0 Å². The lowest BCUT2D eigenvalue weighted by molar-refractivity contribution is -0.0502. The van der Waals surface area contributed by atoms with E-state index in [0.29, 0.717) is 24.0 Å². The molecule has 2 aliphatic heterocycles. The Morgan fingerprint density at radius 3 is 2.93 bits per heavy atom. The predicted octanol–water partition coefficient (Wildman–Crippen LogP) is 2.56. The Hall–Kier alpha value is -2.48. The summed E-state index contributed by atoms with van der Waals surface area (Å²) in [6, 6.07) is 11.8. The van der Waals surface area contributed by atoms with Crippen molar-refractivity contribution in [3.8, 4) is 0 Å². The number of halogens is 1. The van der Waals surface area contributed by atoms with E-state index < -0.39 is 0 Å². The van der Waals surface area contributed by atoms with E-state index in [1.54, 1.807) is 12.3 Å². The van der Waals surface area contributed by atoms with Gasteiger partial charge < -0.3 is 10.1 Å². The molecular weight excluding hydrogens is 378 g/mol. The van der Waals surface area contributed by atoms with Crippen LogP contribution >= 0.6 is 11.6 Å². The van der Waals surface area contributed by atoms with Gasteiger partial charge in [-0.3, -0.25) is 14.8 Å². The lowest BCUT2D eigenvalue weighted by Gasteiger charge is -2.35. The molecule has 2 aromatic heterocycles. The summed E-state index contributed by atoms with van der Waals surface area (Å²) in [6.45, 7) is 2.30. The molecule has 0 saturated carbocycles. The first-order valence-corrected chi connectivity index (χ1v) is 9.75. The molecule has 28 heavy (non-hydrogen) atoms. The van der Waals surface area contributed by atoms with Crippen molar-refractivity contribution in [3.05, 3.63) is 58.9 Å². The van der Waals surface area contributed by atoms with Crippen molar-refractivity contribution < 1.29 is 9.53 Å². The van der Waals surface area contributed by atoms with Crippen molar-refractivity contribution in [3.63, 3.8) is 0 Å². The Kier molecular flexibility index (Phi) is 4.50. The van der Waals surface area contributed by atoms with Crippen molar-refractivity contribution in [2.75, 3.05) is 19.7 Å². The first-order chi connectivity index (χ1) is 13.7. The van der Waals surface area contributed by atoms with Crippen LogP contribution in [0, 0.1) is 0 Å². The Balaban J connectivity index is 1.23. The molecule has 8 heteroatoms. The van der Waals surface area contributed by atoms with Gasteiger partial charge >= 0.3 is 0 Å². The predicted molar refractivity (Wildman–Crippen MR) is 105 cm³/mol. The molecule has 2 saturated heterocycles. The van der Waals surface area contributed by atoms with Crippen LogP contribution in [0.2, 0.25) is 5.02 Å². The number of fused-ring (bicyclic) bond motifs is 2. The first-order valence-electron chi connectivity index (χ1n) is 9.38. The summed E-state index contributed by atoms with van der Waals surface area (Å²) in [5.41, 5.74) is 2.15. The Bertz CT molecular complexity index is 1010. The molecule has 0 aliphatic carbocycles. The zero-order chi connectivity index (χ0) is 19.1. The Morgan fingerprint density at radius 1 is 1.21 bits per heavy atom. The van der Waals surface area contributed by atoms with Crippen LogP contribution in [-0.2, 0) is 4.74 Å². The van der Waals surface area contributed by atoms with Crippen LogP contribution in [0.25, 0.3) is 11.0 Å². The fourth-order valence-electron chi connectivity index (χ4n) is 4.07. The van der Waals surface area contributed by atoms with Crippen LogP contribution in [0.1, 0.15) is 28.6 Å². The van der Waals surface area contributed by atoms with Gasteiger partial charge in [-0.25, -0.2) is 4.98 Å². The number of aromatic nitrogens is 3. The Labute approximate surface area is 167 Å². The van der Waals surface area contributed by atoms with Crippen molar-refractivity contribution in [1.29, 1.82) is 0 Å². The number of hydrogen-bond donors (Lipinski definition) is 2. The third-order valence-corrected chi connectivity index (χ3v) is 5.78. The van der Waals surface area contributed by atoms with Crippen molar-refractivity contribution >= 4 is 28.5 Å². The third-order valence-electron chi connectivity index (χ3n) is 5.53. The highest BCUT2D eigenvalue weighted by molar-refractivity contribution is 6.30. The zero-order valence-corrected chi connectivity index (χ0v) is 15.9. The van der Waals surface area contributed by atoms with Gasteiger partial charge in [-0.1, -0.05) is 23.7 Å². The minimum atomic E-state index is -0.156. The number of nitrogens with zero attached hydrogens (tertiary/aromatic N) is 3. The lowest BCUT2D eigenvalue weighted by atomic mass is 10.1. The van der Waals surface area contributed by atoms with Gasteiger partial charge in [0.25, 0.3) is 5.91 Å². The van der Waals surface area contributed by atoms with E-state index in [-0.39, 0.29) is 18.1 Å². The molecule has 7 nitrogen and oxygen atoms in total. The minimum absolute atomic E-state index is 0.0346. The van der Waals surface area contributed by atoms with Crippen LogP contribution < -0.4 is 5.32 Å². The highest BCUT2D eigenvalue weighted by Crippen LogP contribution is 2.31. The monoisotopic (exact) mass is 397 g/mol. The van der Waals surface area contributed by atoms with E-state index in [4.69, 9.17) is 16.3 Å². The molecule has 2 aliphatic rings. The van der Waals surface area contributed by atoms with E-state index in [9.17, 15) is 4.79 Å². The number of amides is 1. The molecule has 0 spiro atoms. The summed E-state index contributed by atoms with van der Waals surface area (Å²) < 4.78 is 6.07. The topological polar surface area (TPSA) is 83.1 Å². The highest BCUT2D eigenvalue weighted by Gasteiger charge is 2.38. The molecular formula is C20H20ClN5O2. The number of morpholine rings is 1. The van der Waals surface area contributed by atoms with Crippen LogP contribution in [0.15, 0.2) is 42.6 Å². The van der Waals surface area contributed by atoms with Gasteiger partial charge in [0.1, 0.15) is 5.69 Å². The van der Waals surface area contributed by atoms with Gasteiger partial charge in [0.05, 0.1) is 18.9 Å². The third kappa shape index (κ3) is 3.37. The van der Waals surface area contributed by atoms with Gasteiger partial charge in [-0.2, -0.15) is 5.10 Å². The highest BCUT2D eigenvalue weighted by atomic mass is 35.5. The molecule has 144 valence electrons. The number of pyridine rings is 1. The molecule has 0 radical (unpaired) electrons. The summed E-state index contributed by atoms with van der Waals surface area (Å²) in [7, 11) is 0. The van der Waals surface area contributed by atoms with E-state index in [2.05, 4.69) is 25.4 Å². The second-order valence-corrected chi connectivity index (χ2v) is 7.83. The smallest absolute Gasteiger partial charge is 0.270 e. The van der Waals surface area contributed by atoms with E-state index >= 15 is 0 Å². The SMILES string of the molecule is O=C(N[C@H]1C[C@H]2CO[C@@H](c3ccc(Cl)cc3)CN2C1)c1ccc2cn[nH]c2n1. The number of rotatable bonds is 3. The average Bonchev–Trinajstić information content (AvgIpc) is 3.33. The van der Waals surface area contributed by atoms with Crippen molar-refractivity contribution in [2.24, 2.45) is 0 Å². The van der Waals surface area contributed by atoms with Crippen LogP contribution in [0.4, 0.5) is 0 Å². The maximum Gasteiger partial charge on any atom is 0.270 e. The van der Waals surface area contributed by atoms with Gasteiger partial charge in [0.2, 0.25) is 0 Å². The molecule has 0 unspecified atom stereocenters. The van der Waals surface area contributed by atoms with E-state index in [1.165, 1.54) is 0 Å². The van der Waals surface area contributed by atoms with Gasteiger partial charge in [0.15, 0.2) is 5.65 Å². The lowest BCUT2D eigenvalue weighted by Crippen LogP contribution is -2.43. The molecule has 5 rings (SSSR count). The van der Waals surface area contributed by atoms with Gasteiger partial charge in [-0.05, 0) is 36.2 Å². The second-order valence-electron chi connectivity index (χ2n) is 7.39. The first kappa shape index (κ1) is 17.6. The quantitative estimate of drug-likeness (QED) is 0.709. The van der Waals surface area contributed by atoms with Crippen molar-refractivity contribution in [1.82, 2.24) is 25.4 Å². The van der Waals surface area contributed by atoms with Crippen LogP contribution in [0.5, 0.6) is 0 Å². The number of hydrogen-bond acceptors (Lipinski definition) is 5. The maximum atomic E-state index is 12.6. The number of aromatic amines is 1. The summed E-state index contributed by atoms with van der Waals surface area (Å²) >= 11 is 5.98. The van der Waals surface area contributed by atoms with Gasteiger partial charge in [0, 0.05) is 35.6 Å². The number of benzene rings is 1. The van der Waals surface area contributed by atoms with Crippen molar-refractivity contribution in [2.45, 2.75) is 24.6 Å². The van der Waals surface area contributed by atoms with Crippen LogP contribution in [-0.4, -0.2) is 57.8 Å². The number of ether oxygens (including phenoxy) is 1. The molecule has 2 N–H and O–H groups in total. The molecule has 4 heterocycles. The van der Waals surface area contributed by atoms with E-state index in [0.717, 1.165) is 35.5 Å². The standard InChI is InChI=1S/C20H20ClN5O2/c21-14-4-1-12(2-5-14)18-10-26-9-15(7-16(26)11-28-18)23-20(27)17-6-3-13-8-22-25-19(13)24-17/h1-6,8,15-16,18H,7,9-11H2,(H,23,27)(H,22,24,25)/t15-,16-,18+/m0/s1. The zero-order valence-electron chi connectivity index (χ0n) is 15.1. The fourth-order valence-corrected chi connectivity index (χ4v) is 4.20. The van der Waals surface area contributed by atoms with Crippen LogP contribution in [0.3, 0.4) is 0 Å². The molecule has 0 bridgehead atoms. The second kappa shape index (κ2) is 7.16. The maximum absolute atomic E-state index is 12.6. The molecule has 3 aromatic rings. The summed E-state index contributed by atoms with van der Waals surface area (Å²) in [5, 5.41) is 11.5. The number of H-pyrrole nitrogens is 1. The fraction of sp³-hybridized carbons (Fsp3) is 0.350. The van der Waals surface area contributed by atoms with E-state index in [1.807, 2.05) is 30.3 Å². The molecule has 1 aromatic carbocycles. The summed E-state index contributed by atoms with van der Waals surface area (Å²) in [6.07, 6.45) is 2.61. The summed E-state index contributed by atoms with van der Waals surface area (Å²) in [4.78, 5) is 19.4.